The van der Waals surface area contributed by atoms with Crippen LogP contribution < -0.4 is 5.56 Å². The molecule has 1 aromatic heterocycles. The van der Waals surface area contributed by atoms with Crippen LogP contribution in [0.25, 0.3) is 28.7 Å². The lowest BCUT2D eigenvalue weighted by molar-refractivity contribution is -0.384. The Bertz CT molecular complexity index is 1420. The zero-order valence-corrected chi connectivity index (χ0v) is 20.1. The fourth-order valence-corrected chi connectivity index (χ4v) is 4.07. The minimum atomic E-state index is -0.534. The van der Waals surface area contributed by atoms with E-state index in [0.717, 1.165) is 13.6 Å². The van der Waals surface area contributed by atoms with Crippen molar-refractivity contribution in [3.05, 3.63) is 106 Å². The topological polar surface area (TPSA) is 78.0 Å². The van der Waals surface area contributed by atoms with Crippen LogP contribution in [0.15, 0.2) is 69.9 Å². The van der Waals surface area contributed by atoms with Gasteiger partial charge in [-0.05, 0) is 70.6 Å². The summed E-state index contributed by atoms with van der Waals surface area (Å²) in [6, 6.07) is 17.1. The molecule has 0 N–H and O–H groups in total. The van der Waals surface area contributed by atoms with E-state index in [4.69, 9.17) is 11.6 Å². The van der Waals surface area contributed by atoms with Gasteiger partial charge in [0.15, 0.2) is 0 Å². The van der Waals surface area contributed by atoms with Gasteiger partial charge in [-0.25, -0.2) is 4.98 Å². The van der Waals surface area contributed by atoms with Crippen molar-refractivity contribution in [2.24, 2.45) is 0 Å². The van der Waals surface area contributed by atoms with Crippen LogP contribution >= 0.6 is 50.1 Å². The van der Waals surface area contributed by atoms with Crippen molar-refractivity contribution in [1.29, 1.82) is 0 Å². The van der Waals surface area contributed by atoms with Gasteiger partial charge in [0.2, 0.25) is 0 Å². The number of non-ortho nitro benzene ring substituents is 1. The number of benzene rings is 3. The predicted octanol–water partition coefficient (Wildman–Crippen LogP) is 6.48. The van der Waals surface area contributed by atoms with E-state index in [1.165, 1.54) is 22.8 Å². The van der Waals surface area contributed by atoms with Crippen molar-refractivity contribution in [3.8, 4) is 5.69 Å². The third kappa shape index (κ3) is 4.56. The molecule has 0 aliphatic heterocycles. The second kappa shape index (κ2) is 8.89. The van der Waals surface area contributed by atoms with E-state index in [-0.39, 0.29) is 16.3 Å². The molecule has 0 aliphatic rings. The quantitative estimate of drug-likeness (QED) is 0.151. The molecule has 4 aromatic rings. The zero-order chi connectivity index (χ0) is 22.1. The van der Waals surface area contributed by atoms with Gasteiger partial charge in [0.1, 0.15) is 5.82 Å². The number of hydrogen-bond donors (Lipinski definition) is 0. The summed E-state index contributed by atoms with van der Waals surface area (Å²) in [6.07, 6.45) is 3.56. The number of nitrogens with zero attached hydrogens (tertiary/aromatic N) is 3. The molecule has 31 heavy (non-hydrogen) atoms. The number of nitro groups is 1. The van der Waals surface area contributed by atoms with Gasteiger partial charge in [-0.2, -0.15) is 0 Å². The molecule has 1 heterocycles. The van der Waals surface area contributed by atoms with Gasteiger partial charge < -0.3 is 0 Å². The summed E-state index contributed by atoms with van der Waals surface area (Å²) < 4.78 is 3.22. The van der Waals surface area contributed by atoms with Gasteiger partial charge in [0.25, 0.3) is 11.2 Å². The third-order valence-corrected chi connectivity index (χ3v) is 6.04. The zero-order valence-electron chi connectivity index (χ0n) is 15.6. The van der Waals surface area contributed by atoms with Gasteiger partial charge >= 0.3 is 0 Å². The standard InChI is InChI=1S/C22H12BrClIN3O3/c23-14-4-1-13(2-5-14)3-10-21-26-19-8-6-15(25)11-17(19)22(29)27(21)20-9-7-16(28(30)31)12-18(20)24/h1-12H. The molecule has 0 fully saturated rings. The predicted molar refractivity (Wildman–Crippen MR) is 135 cm³/mol. The number of rotatable bonds is 4. The molecular formula is C22H12BrClIN3O3. The first-order chi connectivity index (χ1) is 14.8. The Hall–Kier alpha value is -2.56. The van der Waals surface area contributed by atoms with Crippen LogP contribution in [0.4, 0.5) is 5.69 Å². The fraction of sp³-hybridized carbons (Fsp3) is 0. The Morgan fingerprint density at radius 1 is 1.06 bits per heavy atom. The number of nitro benzene ring substituents is 1. The minimum Gasteiger partial charge on any atom is -0.268 e. The molecule has 0 bridgehead atoms. The molecule has 0 saturated carbocycles. The lowest BCUT2D eigenvalue weighted by Crippen LogP contribution is -2.22. The van der Waals surface area contributed by atoms with E-state index in [1.54, 1.807) is 18.2 Å². The van der Waals surface area contributed by atoms with Gasteiger partial charge in [-0.1, -0.05) is 45.7 Å². The molecule has 4 rings (SSSR count). The van der Waals surface area contributed by atoms with Crippen LogP contribution in [0, 0.1) is 13.7 Å². The summed E-state index contributed by atoms with van der Waals surface area (Å²) in [7, 11) is 0. The first kappa shape index (κ1) is 21.7. The summed E-state index contributed by atoms with van der Waals surface area (Å²) in [6.45, 7) is 0. The summed E-state index contributed by atoms with van der Waals surface area (Å²) in [4.78, 5) is 28.6. The summed E-state index contributed by atoms with van der Waals surface area (Å²) in [5.41, 5.74) is 1.32. The van der Waals surface area contributed by atoms with Crippen LogP contribution in [0.2, 0.25) is 5.02 Å². The molecule has 9 heteroatoms. The Kier molecular flexibility index (Phi) is 6.22. The highest BCUT2D eigenvalue weighted by Crippen LogP contribution is 2.27. The van der Waals surface area contributed by atoms with E-state index in [2.05, 4.69) is 43.5 Å². The highest BCUT2D eigenvalue weighted by atomic mass is 127. The van der Waals surface area contributed by atoms with Crippen molar-refractivity contribution in [3.63, 3.8) is 0 Å². The summed E-state index contributed by atoms with van der Waals surface area (Å²) in [5, 5.41) is 11.6. The molecule has 0 unspecified atom stereocenters. The first-order valence-corrected chi connectivity index (χ1v) is 11.2. The SMILES string of the molecule is O=c1c2cc(I)ccc2nc(C=Cc2ccc(Br)cc2)n1-c1ccc([N+](=O)[O-])cc1Cl. The van der Waals surface area contributed by atoms with Crippen molar-refractivity contribution in [1.82, 2.24) is 9.55 Å². The van der Waals surface area contributed by atoms with E-state index in [1.807, 2.05) is 36.4 Å². The Labute approximate surface area is 203 Å². The molecule has 0 atom stereocenters. The molecule has 0 radical (unpaired) electrons. The van der Waals surface area contributed by atoms with Crippen molar-refractivity contribution >= 4 is 78.9 Å². The maximum atomic E-state index is 13.4. The molecule has 0 spiro atoms. The largest absolute Gasteiger partial charge is 0.271 e. The smallest absolute Gasteiger partial charge is 0.268 e. The number of fused-ring (bicyclic) bond motifs is 1. The number of aromatic nitrogens is 2. The third-order valence-electron chi connectivity index (χ3n) is 4.53. The minimum absolute atomic E-state index is 0.0846. The highest BCUT2D eigenvalue weighted by molar-refractivity contribution is 14.1. The highest BCUT2D eigenvalue weighted by Gasteiger charge is 2.16. The van der Waals surface area contributed by atoms with Gasteiger partial charge in [-0.3, -0.25) is 19.5 Å². The second-order valence-corrected chi connectivity index (χ2v) is 9.12. The molecule has 0 amide bonds. The normalized spacial score (nSPS) is 11.3. The first-order valence-electron chi connectivity index (χ1n) is 8.94. The van der Waals surface area contributed by atoms with Crippen LogP contribution in [0.3, 0.4) is 0 Å². The molecule has 0 aliphatic carbocycles. The average Bonchev–Trinajstić information content (AvgIpc) is 2.74. The maximum Gasteiger partial charge on any atom is 0.271 e. The van der Waals surface area contributed by atoms with Crippen LogP contribution in [0.1, 0.15) is 11.4 Å². The fourth-order valence-electron chi connectivity index (χ4n) is 3.05. The Morgan fingerprint density at radius 3 is 2.48 bits per heavy atom. The van der Waals surface area contributed by atoms with Crippen LogP contribution in [-0.4, -0.2) is 14.5 Å². The summed E-state index contributed by atoms with van der Waals surface area (Å²) >= 11 is 11.9. The van der Waals surface area contributed by atoms with Crippen molar-refractivity contribution in [2.75, 3.05) is 0 Å². The lowest BCUT2D eigenvalue weighted by Gasteiger charge is -2.13. The lowest BCUT2D eigenvalue weighted by atomic mass is 10.2. The summed E-state index contributed by atoms with van der Waals surface area (Å²) in [5.74, 6) is 0.359. The van der Waals surface area contributed by atoms with E-state index in [9.17, 15) is 14.9 Å². The van der Waals surface area contributed by atoms with Gasteiger partial charge in [0, 0.05) is 20.2 Å². The number of hydrogen-bond acceptors (Lipinski definition) is 4. The molecular weight excluding hydrogens is 597 g/mol. The molecule has 6 nitrogen and oxygen atoms in total. The van der Waals surface area contributed by atoms with E-state index < -0.39 is 4.92 Å². The Morgan fingerprint density at radius 2 is 1.81 bits per heavy atom. The van der Waals surface area contributed by atoms with Crippen molar-refractivity contribution in [2.45, 2.75) is 0 Å². The molecule has 0 saturated heterocycles. The van der Waals surface area contributed by atoms with Crippen molar-refractivity contribution < 1.29 is 4.92 Å². The van der Waals surface area contributed by atoms with Gasteiger partial charge in [0.05, 0.1) is 26.5 Å². The number of halogens is 3. The van der Waals surface area contributed by atoms with E-state index >= 15 is 0 Å². The van der Waals surface area contributed by atoms with Gasteiger partial charge in [-0.15, -0.1) is 0 Å². The second-order valence-electron chi connectivity index (χ2n) is 6.55. The average molecular weight is 609 g/mol. The van der Waals surface area contributed by atoms with Crippen LogP contribution in [-0.2, 0) is 0 Å². The van der Waals surface area contributed by atoms with Crippen LogP contribution in [0.5, 0.6) is 0 Å². The van der Waals surface area contributed by atoms with E-state index in [0.29, 0.717) is 22.4 Å². The monoisotopic (exact) mass is 607 g/mol. The molecule has 3 aromatic carbocycles. The molecule has 154 valence electrons. The Balaban J connectivity index is 1.96. The maximum absolute atomic E-state index is 13.4.